The second-order valence-electron chi connectivity index (χ2n) is 6.69. The fourth-order valence-corrected chi connectivity index (χ4v) is 3.37. The van der Waals surface area contributed by atoms with Crippen molar-refractivity contribution in [2.75, 3.05) is 11.5 Å². The predicted octanol–water partition coefficient (Wildman–Crippen LogP) is 5.24. The number of carbonyl (C=O) groups excluding carboxylic acids is 1. The highest BCUT2D eigenvalue weighted by Gasteiger charge is 2.37. The van der Waals surface area contributed by atoms with Crippen LogP contribution in [-0.4, -0.2) is 12.5 Å². The molecule has 0 aromatic heterocycles. The average Bonchev–Trinajstić information content (AvgIpc) is 2.79. The number of allylic oxidation sites excluding steroid dienone is 1. The molecule has 0 bridgehead atoms. The summed E-state index contributed by atoms with van der Waals surface area (Å²) in [6.45, 7) is 8.52. The fraction of sp³-hybridized carbons (Fsp3) is 0.421. The quantitative estimate of drug-likeness (QED) is 0.743. The van der Waals surface area contributed by atoms with Gasteiger partial charge in [0, 0.05) is 17.3 Å². The van der Waals surface area contributed by atoms with E-state index in [1.54, 1.807) is 0 Å². The summed E-state index contributed by atoms with van der Waals surface area (Å²) < 4.78 is 20.2. The number of halogens is 2. The standard InChI is InChI=1S/C19H21ClFNO2/c1-11(2)10-24-18-9-17(16(21)8-15(18)20)22-12(3)13-6-4-5-7-14(13)19(22)23/h8-9,11H,3-7,10H2,1-2H3. The summed E-state index contributed by atoms with van der Waals surface area (Å²) in [7, 11) is 0. The molecule has 128 valence electrons. The topological polar surface area (TPSA) is 29.5 Å². The Morgan fingerprint density at radius 1 is 1.29 bits per heavy atom. The van der Waals surface area contributed by atoms with Crippen LogP contribution in [0.2, 0.25) is 5.02 Å². The first kappa shape index (κ1) is 17.0. The minimum absolute atomic E-state index is 0.155. The number of nitrogens with zero attached hydrogens (tertiary/aromatic N) is 1. The zero-order chi connectivity index (χ0) is 17.4. The van der Waals surface area contributed by atoms with E-state index in [-0.39, 0.29) is 16.6 Å². The fourth-order valence-electron chi connectivity index (χ4n) is 3.16. The van der Waals surface area contributed by atoms with Gasteiger partial charge in [-0.3, -0.25) is 9.69 Å². The summed E-state index contributed by atoms with van der Waals surface area (Å²) >= 11 is 6.09. The molecule has 2 aliphatic rings. The minimum Gasteiger partial charge on any atom is -0.492 e. The predicted molar refractivity (Wildman–Crippen MR) is 93.9 cm³/mol. The van der Waals surface area contributed by atoms with Crippen LogP contribution in [0, 0.1) is 11.7 Å². The number of hydrogen-bond donors (Lipinski definition) is 0. The highest BCUT2D eigenvalue weighted by Crippen LogP contribution is 2.43. The first-order chi connectivity index (χ1) is 11.4. The van der Waals surface area contributed by atoms with Crippen LogP contribution in [0.25, 0.3) is 0 Å². The molecule has 1 aliphatic heterocycles. The number of rotatable bonds is 4. The summed E-state index contributed by atoms with van der Waals surface area (Å²) in [5, 5.41) is 0.201. The number of anilines is 1. The molecule has 1 aromatic rings. The molecule has 1 aliphatic carbocycles. The Morgan fingerprint density at radius 2 is 1.96 bits per heavy atom. The molecule has 0 fully saturated rings. The number of carbonyl (C=O) groups is 1. The van der Waals surface area contributed by atoms with E-state index in [1.165, 1.54) is 17.0 Å². The third kappa shape index (κ3) is 2.95. The highest BCUT2D eigenvalue weighted by molar-refractivity contribution is 6.32. The van der Waals surface area contributed by atoms with Gasteiger partial charge in [0.15, 0.2) is 0 Å². The van der Waals surface area contributed by atoms with Gasteiger partial charge in [0.2, 0.25) is 0 Å². The van der Waals surface area contributed by atoms with Crippen LogP contribution >= 0.6 is 11.6 Å². The molecule has 24 heavy (non-hydrogen) atoms. The normalized spacial score (nSPS) is 17.8. The lowest BCUT2D eigenvalue weighted by atomic mass is 9.93. The van der Waals surface area contributed by atoms with E-state index in [9.17, 15) is 9.18 Å². The summed E-state index contributed by atoms with van der Waals surface area (Å²) in [6, 6.07) is 2.70. The van der Waals surface area contributed by atoms with E-state index in [0.29, 0.717) is 24.0 Å². The largest absolute Gasteiger partial charge is 0.492 e. The lowest BCUT2D eigenvalue weighted by Gasteiger charge is -2.21. The molecule has 1 heterocycles. The van der Waals surface area contributed by atoms with E-state index in [2.05, 4.69) is 6.58 Å². The smallest absolute Gasteiger partial charge is 0.259 e. The Morgan fingerprint density at radius 3 is 2.58 bits per heavy atom. The molecule has 1 amide bonds. The molecule has 0 saturated carbocycles. The summed E-state index contributed by atoms with van der Waals surface area (Å²) in [4.78, 5) is 14.1. The molecule has 0 radical (unpaired) electrons. The van der Waals surface area contributed by atoms with Gasteiger partial charge in [0.05, 0.1) is 17.3 Å². The minimum atomic E-state index is -0.550. The van der Waals surface area contributed by atoms with Crippen LogP contribution in [0.5, 0.6) is 5.75 Å². The van der Waals surface area contributed by atoms with Gasteiger partial charge in [0.1, 0.15) is 11.6 Å². The van der Waals surface area contributed by atoms with Gasteiger partial charge >= 0.3 is 0 Å². The first-order valence-corrected chi connectivity index (χ1v) is 8.65. The maximum absolute atomic E-state index is 14.5. The lowest BCUT2D eigenvalue weighted by Crippen LogP contribution is -2.26. The van der Waals surface area contributed by atoms with Crippen LogP contribution in [0.4, 0.5) is 10.1 Å². The second-order valence-corrected chi connectivity index (χ2v) is 7.10. The van der Waals surface area contributed by atoms with Gasteiger partial charge in [-0.15, -0.1) is 0 Å². The van der Waals surface area contributed by atoms with Crippen molar-refractivity contribution in [3.8, 4) is 5.75 Å². The van der Waals surface area contributed by atoms with E-state index >= 15 is 0 Å². The van der Waals surface area contributed by atoms with Crippen molar-refractivity contribution in [1.29, 1.82) is 0 Å². The lowest BCUT2D eigenvalue weighted by molar-refractivity contribution is -0.114. The van der Waals surface area contributed by atoms with Crippen LogP contribution in [0.3, 0.4) is 0 Å². The molecule has 3 rings (SSSR count). The molecule has 0 saturated heterocycles. The van der Waals surface area contributed by atoms with Gasteiger partial charge in [-0.2, -0.15) is 0 Å². The Balaban J connectivity index is 1.96. The second kappa shape index (κ2) is 6.60. The molecule has 3 nitrogen and oxygen atoms in total. The van der Waals surface area contributed by atoms with Crippen molar-refractivity contribution < 1.29 is 13.9 Å². The van der Waals surface area contributed by atoms with Crippen molar-refractivity contribution in [2.24, 2.45) is 5.92 Å². The molecular formula is C19H21ClFNO2. The van der Waals surface area contributed by atoms with Crippen molar-refractivity contribution in [3.63, 3.8) is 0 Å². The van der Waals surface area contributed by atoms with E-state index in [4.69, 9.17) is 16.3 Å². The Hall–Kier alpha value is -1.81. The molecule has 1 aromatic carbocycles. The molecule has 5 heteroatoms. The summed E-state index contributed by atoms with van der Waals surface area (Å²) in [5.74, 6) is -0.0313. The van der Waals surface area contributed by atoms with Gasteiger partial charge in [0.25, 0.3) is 5.91 Å². The maximum Gasteiger partial charge on any atom is 0.259 e. The average molecular weight is 350 g/mol. The van der Waals surface area contributed by atoms with Crippen LogP contribution in [-0.2, 0) is 4.79 Å². The van der Waals surface area contributed by atoms with Crippen molar-refractivity contribution in [2.45, 2.75) is 39.5 Å². The maximum atomic E-state index is 14.5. The third-order valence-electron chi connectivity index (χ3n) is 4.36. The van der Waals surface area contributed by atoms with Crippen LogP contribution in [0.1, 0.15) is 39.5 Å². The van der Waals surface area contributed by atoms with Gasteiger partial charge < -0.3 is 4.74 Å². The molecule has 0 N–H and O–H groups in total. The van der Waals surface area contributed by atoms with Gasteiger partial charge in [-0.25, -0.2) is 4.39 Å². The molecule has 0 spiro atoms. The van der Waals surface area contributed by atoms with Crippen molar-refractivity contribution >= 4 is 23.2 Å². The van der Waals surface area contributed by atoms with Crippen molar-refractivity contribution in [1.82, 2.24) is 0 Å². The number of benzene rings is 1. The zero-order valence-corrected chi connectivity index (χ0v) is 14.8. The monoisotopic (exact) mass is 349 g/mol. The zero-order valence-electron chi connectivity index (χ0n) is 14.0. The van der Waals surface area contributed by atoms with Gasteiger partial charge in [-0.1, -0.05) is 32.0 Å². The van der Waals surface area contributed by atoms with Crippen LogP contribution < -0.4 is 9.64 Å². The SMILES string of the molecule is C=C1C2=C(CCCC2)C(=O)N1c1cc(OCC(C)C)c(Cl)cc1F. The summed E-state index contributed by atoms with van der Waals surface area (Å²) in [6.07, 6.45) is 3.57. The van der Waals surface area contributed by atoms with E-state index in [1.807, 2.05) is 13.8 Å². The number of ether oxygens (including phenoxy) is 1. The number of hydrogen-bond acceptors (Lipinski definition) is 2. The molecule has 0 unspecified atom stereocenters. The highest BCUT2D eigenvalue weighted by atomic mass is 35.5. The third-order valence-corrected chi connectivity index (χ3v) is 4.66. The molecular weight excluding hydrogens is 329 g/mol. The Labute approximate surface area is 146 Å². The van der Waals surface area contributed by atoms with Gasteiger partial charge in [-0.05, 0) is 43.2 Å². The van der Waals surface area contributed by atoms with Crippen molar-refractivity contribution in [3.05, 3.63) is 46.4 Å². The number of amides is 1. The first-order valence-electron chi connectivity index (χ1n) is 8.27. The Bertz CT molecular complexity index is 711. The Kier molecular flexibility index (Phi) is 4.68. The van der Waals surface area contributed by atoms with Crippen LogP contribution in [0.15, 0.2) is 35.6 Å². The summed E-state index contributed by atoms with van der Waals surface area (Å²) in [5.41, 5.74) is 2.46. The van der Waals surface area contributed by atoms with E-state index in [0.717, 1.165) is 36.8 Å². The van der Waals surface area contributed by atoms with E-state index < -0.39 is 5.82 Å². The molecule has 0 atom stereocenters.